The van der Waals surface area contributed by atoms with Crippen molar-refractivity contribution < 1.29 is 225 Å². The van der Waals surface area contributed by atoms with E-state index in [-0.39, 0.29) is 137 Å². The second kappa shape index (κ2) is 33.9. The molecule has 0 saturated heterocycles. The number of aromatic amines is 6. The standard InChI is InChI=1S/3C20H14N4O12S4.4Cr/c3*25-37(26,27)15-8-13-6-11-2-1-9(21-11)5-10-3-4-12(22-10)7-14-18(38(28,29)30)20(40(34,35)36)17(24-14)19(16(15)23-13)39(31,32)33;;;;/h3*1-8,21,23H,(H,25,26,27)(H,28,29,30)(H,31,32,33)(H,34,35,36);;;;/q;;;4*+3/p-12. The molecule has 9 aromatic heterocycles. The summed E-state index contributed by atoms with van der Waals surface area (Å²) in [7, 11) is -71.3. The van der Waals surface area contributed by atoms with Crippen LogP contribution in [0, 0.1) is 0 Å². The van der Waals surface area contributed by atoms with Gasteiger partial charge in [-0.1, -0.05) is 0 Å². The summed E-state index contributed by atoms with van der Waals surface area (Å²) < 4.78 is 440. The van der Waals surface area contributed by atoms with Crippen LogP contribution >= 0.6 is 0 Å². The Balaban J connectivity index is 0.000000207. The van der Waals surface area contributed by atoms with E-state index in [1.165, 1.54) is 91.1 Å². The van der Waals surface area contributed by atoms with Crippen LogP contribution in [0.3, 0.4) is 0 Å². The molecule has 0 spiro atoms. The molecule has 0 fully saturated rings. The monoisotopic (exact) mass is 2090 g/mol. The van der Waals surface area contributed by atoms with Crippen molar-refractivity contribution in [3.8, 4) is 0 Å². The molecule has 0 atom stereocenters. The van der Waals surface area contributed by atoms with E-state index in [4.69, 9.17) is 0 Å². The van der Waals surface area contributed by atoms with Crippen molar-refractivity contribution in [2.45, 2.75) is 29.4 Å². The van der Waals surface area contributed by atoms with E-state index in [0.717, 1.165) is 18.2 Å². The van der Waals surface area contributed by atoms with Gasteiger partial charge in [-0.2, -0.15) is 0 Å². The van der Waals surface area contributed by atoms with Crippen LogP contribution in [0.2, 0.25) is 0 Å². The van der Waals surface area contributed by atoms with Crippen molar-refractivity contribution in [2.24, 2.45) is 0 Å². The van der Waals surface area contributed by atoms with E-state index in [0.29, 0.717) is 34.7 Å². The number of rotatable bonds is 12. The molecular formula is C60H30Cr4N12O36S12. The number of hydrogen-bond acceptors (Lipinski definition) is 42. The molecule has 0 unspecified atom stereocenters. The van der Waals surface area contributed by atoms with Gasteiger partial charge in [0.25, 0.3) is 0 Å². The Morgan fingerprint density at radius 2 is 0.379 bits per heavy atom. The molecule has 15 heterocycles. The number of aromatic nitrogens is 12. The van der Waals surface area contributed by atoms with Gasteiger partial charge in [-0.05, 0) is 146 Å². The Hall–Kier alpha value is -9.15. The van der Waals surface area contributed by atoms with Crippen LogP contribution < -0.4 is 0 Å². The van der Waals surface area contributed by atoms with Gasteiger partial charge >= 0.3 is 69.4 Å². The summed E-state index contributed by atoms with van der Waals surface area (Å²) in [5.41, 5.74) is -10.7. The van der Waals surface area contributed by atoms with Crippen molar-refractivity contribution in [2.75, 3.05) is 0 Å². The van der Waals surface area contributed by atoms with Crippen LogP contribution in [0.15, 0.2) is 139 Å². The van der Waals surface area contributed by atoms with E-state index in [1.807, 2.05) is 0 Å². The summed E-state index contributed by atoms with van der Waals surface area (Å²) in [6, 6.07) is 21.3. The minimum Gasteiger partial charge on any atom is -0.744 e. The third kappa shape index (κ3) is 20.7. The molecule has 0 aliphatic carbocycles. The maximum Gasteiger partial charge on any atom is 3.00 e. The topological polar surface area (TPSA) is 858 Å². The van der Waals surface area contributed by atoms with Crippen molar-refractivity contribution >= 4 is 254 Å². The first-order chi connectivity index (χ1) is 55.0. The van der Waals surface area contributed by atoms with Gasteiger partial charge in [-0.3, -0.25) is 0 Å². The Morgan fingerprint density at radius 3 is 0.556 bits per heavy atom. The summed E-state index contributed by atoms with van der Waals surface area (Å²) in [4.78, 5) is 16.9. The first kappa shape index (κ1) is 98.6. The molecule has 6 N–H and O–H groups in total. The molecular weight excluding hydrogens is 2060 g/mol. The smallest absolute Gasteiger partial charge is 0.744 e. The average molecular weight is 2090 g/mol. The predicted molar refractivity (Wildman–Crippen MR) is 396 cm³/mol. The Bertz CT molecular complexity index is 7750. The first-order valence-corrected chi connectivity index (χ1v) is 47.9. The minimum atomic E-state index is -6.12. The normalized spacial score (nSPS) is 14.1. The zero-order valence-electron chi connectivity index (χ0n) is 58.8. The summed E-state index contributed by atoms with van der Waals surface area (Å²) in [6.45, 7) is 0. The van der Waals surface area contributed by atoms with Crippen molar-refractivity contribution in [3.63, 3.8) is 0 Å². The van der Waals surface area contributed by atoms with Crippen LogP contribution in [0.1, 0.15) is 68.3 Å². The van der Waals surface area contributed by atoms with Gasteiger partial charge in [0.2, 0.25) is 0 Å². The van der Waals surface area contributed by atoms with Gasteiger partial charge in [-0.15, -0.1) is 0 Å². The van der Waals surface area contributed by atoms with Crippen LogP contribution in [0.5, 0.6) is 0 Å². The van der Waals surface area contributed by atoms with Gasteiger partial charge < -0.3 is 84.5 Å². The molecule has 0 saturated carbocycles. The number of H-pyrrole nitrogens is 6. The molecule has 6 aliphatic rings. The number of fused-ring (bicyclic) bond motifs is 24. The van der Waals surface area contributed by atoms with Crippen LogP contribution in [0.25, 0.3) is 132 Å². The van der Waals surface area contributed by atoms with Crippen molar-refractivity contribution in [1.29, 1.82) is 0 Å². The molecule has 15 rings (SSSR count). The molecule has 4 radical (unpaired) electrons. The molecule has 6 aliphatic heterocycles. The van der Waals surface area contributed by atoms with Crippen LogP contribution in [-0.4, -0.2) is 215 Å². The summed E-state index contributed by atoms with van der Waals surface area (Å²) in [5.74, 6) is 0. The van der Waals surface area contributed by atoms with Gasteiger partial charge in [0.1, 0.15) is 168 Å². The van der Waals surface area contributed by atoms with Gasteiger partial charge in [0.05, 0.1) is 97.2 Å². The zero-order chi connectivity index (χ0) is 88.2. The SMILES string of the molecule is O=S(=O)([O-])C1=C(S(=O)(=O)[O-])c2nc1cc1nc(cc3ccc(cc4cc(S(=O)(=O)[O-])c([nH]4)c2S(=O)(=O)[O-])[nH]3)C=C1.O=S(=O)([O-])C1=C(S(=O)(=O)[O-])c2nc1cc1nc(cc3ccc(cc4cc(S(=O)(=O)[O-])c([nH]4)c2S(=O)(=O)[O-])[nH]3)C=C1.O=S(=O)([O-])C1=C(S(=O)(=O)[O-])c2nc1cc1nc(cc3ccc(cc4cc(S(=O)(=O)[O-])c([nH]4)c2S(=O)(=O)[O-])[nH]3)C=C1.[Cr+3].[Cr+3].[Cr+3].[Cr+3]. The fourth-order valence-corrected chi connectivity index (χ4v) is 23.0. The third-order valence-electron chi connectivity index (χ3n) is 16.4. The van der Waals surface area contributed by atoms with E-state index in [9.17, 15) is 156 Å². The molecule has 0 amide bonds. The van der Waals surface area contributed by atoms with E-state index in [2.05, 4.69) is 59.8 Å². The summed E-state index contributed by atoms with van der Waals surface area (Å²) in [6.07, 6.45) is 8.10. The zero-order valence-corrected chi connectivity index (χ0v) is 73.7. The van der Waals surface area contributed by atoms with Crippen molar-refractivity contribution in [1.82, 2.24) is 59.8 Å². The maximum absolute atomic E-state index is 12.4. The number of nitrogens with zero attached hydrogens (tertiary/aromatic N) is 6. The quantitative estimate of drug-likeness (QED) is 0.0913. The third-order valence-corrected chi connectivity index (χ3v) is 27.5. The van der Waals surface area contributed by atoms with Crippen LogP contribution in [-0.2, 0) is 191 Å². The Labute approximate surface area is 738 Å². The van der Waals surface area contributed by atoms with Gasteiger partial charge in [0.15, 0.2) is 0 Å². The fourth-order valence-electron chi connectivity index (χ4n) is 12.2. The number of nitrogens with one attached hydrogen (secondary N) is 6. The van der Waals surface area contributed by atoms with Crippen molar-refractivity contribution in [3.05, 3.63) is 178 Å². The van der Waals surface area contributed by atoms with Gasteiger partial charge in [-0.25, -0.2) is 131 Å². The second-order valence-electron chi connectivity index (χ2n) is 24.6. The predicted octanol–water partition coefficient (Wildman–Crippen LogP) is 0.619. The van der Waals surface area contributed by atoms with E-state index >= 15 is 0 Å². The largest absolute Gasteiger partial charge is 3.00 e. The minimum absolute atomic E-state index is 0. The first-order valence-electron chi connectivity index (χ1n) is 31.0. The van der Waals surface area contributed by atoms with Gasteiger partial charge in [0, 0.05) is 49.7 Å². The number of hydrogen-bond donors (Lipinski definition) is 6. The van der Waals surface area contributed by atoms with Crippen LogP contribution in [0.4, 0.5) is 0 Å². The molecule has 0 aromatic carbocycles. The summed E-state index contributed by atoms with van der Waals surface area (Å²) in [5, 5.41) is 0. The molecule has 124 heavy (non-hydrogen) atoms. The molecule has 64 heteroatoms. The van der Waals surface area contributed by atoms with E-state index in [1.54, 1.807) is 18.2 Å². The molecule has 48 nitrogen and oxygen atoms in total. The molecule has 24 bridgehead atoms. The van der Waals surface area contributed by atoms with E-state index < -0.39 is 231 Å². The fraction of sp³-hybridized carbons (Fsp3) is 0. The Kier molecular flexibility index (Phi) is 27.0. The second-order valence-corrected chi connectivity index (χ2v) is 40.5. The summed E-state index contributed by atoms with van der Waals surface area (Å²) >= 11 is 0. The Morgan fingerprint density at radius 1 is 0.194 bits per heavy atom. The average Bonchev–Trinajstić information content (AvgIpc) is 1.58. The maximum atomic E-state index is 12.4. The molecule has 642 valence electrons. The molecule has 9 aromatic rings.